The van der Waals surface area contributed by atoms with Crippen LogP contribution in [0.25, 0.3) is 0 Å². The molecule has 0 aliphatic carbocycles. The number of aryl methyl sites for hydroxylation is 2. The van der Waals surface area contributed by atoms with Crippen LogP contribution in [0.4, 0.5) is 0 Å². The van der Waals surface area contributed by atoms with Crippen LogP contribution in [-0.4, -0.2) is 46.3 Å². The van der Waals surface area contributed by atoms with Gasteiger partial charge in [-0.15, -0.1) is 0 Å². The molecule has 2 amide bonds. The number of carbonyl (C=O) groups excluding carboxylic acids is 2. The zero-order valence-corrected chi connectivity index (χ0v) is 17.4. The van der Waals surface area contributed by atoms with Gasteiger partial charge in [-0.25, -0.2) is 10.1 Å². The standard InChI is InChI=1S/C21H25BN4O3/c1-13-8-14(2)10-16(9-13)20(28)25(21(3,4)5)24-19(27)15-6-7-18-17(11-15)12-23-26(29)22-18/h6-12,22,29H,1-5H3,(H,24,27). The molecule has 0 saturated heterocycles. The number of rotatable bonds is 2. The number of hydrazone groups is 1. The number of hydrazine groups is 1. The molecular weight excluding hydrogens is 367 g/mol. The van der Waals surface area contributed by atoms with E-state index in [9.17, 15) is 14.8 Å². The Kier molecular flexibility index (Phi) is 5.48. The van der Waals surface area contributed by atoms with Crippen LogP contribution in [0.3, 0.4) is 0 Å². The van der Waals surface area contributed by atoms with Crippen molar-refractivity contribution in [3.63, 3.8) is 0 Å². The topological polar surface area (TPSA) is 85.2 Å². The smallest absolute Gasteiger partial charge is 0.285 e. The van der Waals surface area contributed by atoms with E-state index in [1.165, 1.54) is 11.2 Å². The average Bonchev–Trinajstić information content (AvgIpc) is 2.63. The minimum atomic E-state index is -0.628. The third-order valence-electron chi connectivity index (χ3n) is 4.61. The van der Waals surface area contributed by atoms with E-state index in [-0.39, 0.29) is 19.2 Å². The van der Waals surface area contributed by atoms with Gasteiger partial charge >= 0.3 is 7.41 Å². The first-order chi connectivity index (χ1) is 13.5. The van der Waals surface area contributed by atoms with E-state index in [0.29, 0.717) is 11.1 Å². The molecule has 2 N–H and O–H groups in total. The Bertz CT molecular complexity index is 978. The molecule has 1 aliphatic rings. The Hall–Kier alpha value is -3.13. The van der Waals surface area contributed by atoms with E-state index < -0.39 is 5.54 Å². The fourth-order valence-electron chi connectivity index (χ4n) is 3.24. The quantitative estimate of drug-likeness (QED) is 0.604. The van der Waals surface area contributed by atoms with Gasteiger partial charge in [0.15, 0.2) is 0 Å². The number of fused-ring (bicyclic) bond motifs is 1. The van der Waals surface area contributed by atoms with Gasteiger partial charge in [0.25, 0.3) is 11.8 Å². The van der Waals surface area contributed by atoms with Crippen molar-refractivity contribution in [3.8, 4) is 0 Å². The summed E-state index contributed by atoms with van der Waals surface area (Å²) in [5.74, 6) is -0.659. The molecule has 0 fully saturated rings. The van der Waals surface area contributed by atoms with Gasteiger partial charge in [0.1, 0.15) is 0 Å². The summed E-state index contributed by atoms with van der Waals surface area (Å²) in [6, 6.07) is 10.8. The highest BCUT2D eigenvalue weighted by atomic mass is 16.5. The van der Waals surface area contributed by atoms with E-state index in [2.05, 4.69) is 10.5 Å². The lowest BCUT2D eigenvalue weighted by Gasteiger charge is -2.35. The maximum Gasteiger partial charge on any atom is 0.332 e. The summed E-state index contributed by atoms with van der Waals surface area (Å²) in [5.41, 5.74) is 6.66. The predicted octanol–water partition coefficient (Wildman–Crippen LogP) is 1.90. The molecule has 0 atom stereocenters. The summed E-state index contributed by atoms with van der Waals surface area (Å²) in [6.07, 6.45) is 1.50. The predicted molar refractivity (Wildman–Crippen MR) is 114 cm³/mol. The van der Waals surface area contributed by atoms with Crippen molar-refractivity contribution in [2.45, 2.75) is 40.2 Å². The third kappa shape index (κ3) is 4.66. The summed E-state index contributed by atoms with van der Waals surface area (Å²) in [5, 5.41) is 15.5. The molecule has 2 aromatic carbocycles. The highest BCUT2D eigenvalue weighted by Crippen LogP contribution is 2.18. The number of hydrogen-bond donors (Lipinski definition) is 2. The van der Waals surface area contributed by atoms with Crippen molar-refractivity contribution >= 4 is 30.9 Å². The second kappa shape index (κ2) is 7.71. The lowest BCUT2D eigenvalue weighted by Crippen LogP contribution is -2.56. The molecule has 150 valence electrons. The van der Waals surface area contributed by atoms with E-state index >= 15 is 0 Å². The van der Waals surface area contributed by atoms with Gasteiger partial charge in [0.05, 0.1) is 11.8 Å². The number of amides is 2. The Morgan fingerprint density at radius 3 is 2.34 bits per heavy atom. The van der Waals surface area contributed by atoms with Crippen molar-refractivity contribution in [3.05, 3.63) is 64.2 Å². The highest BCUT2D eigenvalue weighted by molar-refractivity contribution is 6.52. The number of nitrogens with zero attached hydrogens (tertiary/aromatic N) is 3. The van der Waals surface area contributed by atoms with Crippen molar-refractivity contribution in [2.24, 2.45) is 5.10 Å². The van der Waals surface area contributed by atoms with Gasteiger partial charge in [-0.3, -0.25) is 20.2 Å². The zero-order valence-electron chi connectivity index (χ0n) is 17.4. The van der Waals surface area contributed by atoms with Gasteiger partial charge < -0.3 is 0 Å². The van der Waals surface area contributed by atoms with Crippen LogP contribution in [0.5, 0.6) is 0 Å². The first kappa shape index (κ1) is 20.6. The van der Waals surface area contributed by atoms with Crippen molar-refractivity contribution in [1.82, 2.24) is 15.5 Å². The fraction of sp³-hybridized carbons (Fsp3) is 0.286. The van der Waals surface area contributed by atoms with Gasteiger partial charge in [0, 0.05) is 11.1 Å². The summed E-state index contributed by atoms with van der Waals surface area (Å²) >= 11 is 0. The number of nitrogens with one attached hydrogen (secondary N) is 1. The van der Waals surface area contributed by atoms with Gasteiger partial charge in [-0.2, -0.15) is 5.10 Å². The van der Waals surface area contributed by atoms with E-state index in [0.717, 1.165) is 27.2 Å². The molecule has 0 saturated carbocycles. The Balaban J connectivity index is 1.87. The minimum Gasteiger partial charge on any atom is -0.285 e. The molecule has 2 aromatic rings. The molecule has 0 unspecified atom stereocenters. The molecule has 29 heavy (non-hydrogen) atoms. The fourth-order valence-corrected chi connectivity index (χ4v) is 3.24. The molecule has 0 spiro atoms. The van der Waals surface area contributed by atoms with Crippen molar-refractivity contribution in [2.75, 3.05) is 0 Å². The first-order valence-corrected chi connectivity index (χ1v) is 9.42. The van der Waals surface area contributed by atoms with Crippen LogP contribution in [0.15, 0.2) is 41.5 Å². The second-order valence-electron chi connectivity index (χ2n) is 8.32. The molecule has 8 heteroatoms. The number of hydrogen-bond acceptors (Lipinski definition) is 5. The molecule has 3 rings (SSSR count). The summed E-state index contributed by atoms with van der Waals surface area (Å²) in [6.45, 7) is 9.47. The summed E-state index contributed by atoms with van der Waals surface area (Å²) in [4.78, 5) is 26.1. The highest BCUT2D eigenvalue weighted by Gasteiger charge is 2.30. The van der Waals surface area contributed by atoms with Gasteiger partial charge in [-0.05, 0) is 69.9 Å². The van der Waals surface area contributed by atoms with E-state index in [1.54, 1.807) is 18.2 Å². The molecule has 0 bridgehead atoms. The molecule has 1 heterocycles. The molecular formula is C21H25BN4O3. The molecule has 1 aliphatic heterocycles. The van der Waals surface area contributed by atoms with Gasteiger partial charge in [0.2, 0.25) is 0 Å². The average molecular weight is 392 g/mol. The minimum absolute atomic E-state index is 0.257. The Labute approximate surface area is 171 Å². The van der Waals surface area contributed by atoms with Gasteiger partial charge in [-0.1, -0.05) is 23.3 Å². The molecule has 0 aromatic heterocycles. The van der Waals surface area contributed by atoms with Crippen LogP contribution in [0, 0.1) is 13.8 Å². The van der Waals surface area contributed by atoms with Crippen LogP contribution in [0.1, 0.15) is 58.2 Å². The van der Waals surface area contributed by atoms with E-state index in [4.69, 9.17) is 0 Å². The lowest BCUT2D eigenvalue weighted by atomic mass is 9.78. The zero-order chi connectivity index (χ0) is 21.3. The van der Waals surface area contributed by atoms with Crippen molar-refractivity contribution < 1.29 is 14.8 Å². The summed E-state index contributed by atoms with van der Waals surface area (Å²) in [7, 11) is 0.257. The van der Waals surface area contributed by atoms with E-state index in [1.807, 2.05) is 52.8 Å². The van der Waals surface area contributed by atoms with Crippen LogP contribution < -0.4 is 10.9 Å². The normalized spacial score (nSPS) is 12.8. The monoisotopic (exact) mass is 392 g/mol. The maximum atomic E-state index is 13.2. The summed E-state index contributed by atoms with van der Waals surface area (Å²) < 4.78 is 0. The van der Waals surface area contributed by atoms with Crippen LogP contribution in [-0.2, 0) is 0 Å². The molecule has 7 nitrogen and oxygen atoms in total. The maximum absolute atomic E-state index is 13.2. The molecule has 0 radical (unpaired) electrons. The first-order valence-electron chi connectivity index (χ1n) is 9.42. The Morgan fingerprint density at radius 1 is 1.07 bits per heavy atom. The largest absolute Gasteiger partial charge is 0.332 e. The second-order valence-corrected chi connectivity index (χ2v) is 8.32. The van der Waals surface area contributed by atoms with Crippen LogP contribution >= 0.6 is 0 Å². The third-order valence-corrected chi connectivity index (χ3v) is 4.61. The van der Waals surface area contributed by atoms with Crippen LogP contribution in [0.2, 0.25) is 0 Å². The number of benzene rings is 2. The van der Waals surface area contributed by atoms with Crippen molar-refractivity contribution in [1.29, 1.82) is 0 Å². The SMILES string of the molecule is Cc1cc(C)cc(C(=O)N(NC(=O)c2ccc3c(c2)C=NN(O)B3)C(C)(C)C)c1. The lowest BCUT2D eigenvalue weighted by molar-refractivity contribution is 0.00432. The number of carbonyl (C=O) groups is 2. The Morgan fingerprint density at radius 2 is 1.72 bits per heavy atom.